The van der Waals surface area contributed by atoms with Crippen molar-refractivity contribution in [1.29, 1.82) is 0 Å². The molecule has 0 fully saturated rings. The van der Waals surface area contributed by atoms with Crippen LogP contribution in [0.25, 0.3) is 0 Å². The van der Waals surface area contributed by atoms with Gasteiger partial charge in [0.05, 0.1) is 18.5 Å². The Balaban J connectivity index is 2.11. The number of carbonyl (C=O) groups excluding carboxylic acids is 3. The van der Waals surface area contributed by atoms with E-state index in [1.54, 1.807) is 30.3 Å². The maximum Gasteiger partial charge on any atom is 0.326 e. The van der Waals surface area contributed by atoms with Crippen molar-refractivity contribution in [3.8, 4) is 0 Å². The number of H-pyrrole nitrogens is 1. The topological polar surface area (TPSA) is 237 Å². The predicted molar refractivity (Wildman–Crippen MR) is 132 cm³/mol. The lowest BCUT2D eigenvalue weighted by Crippen LogP contribution is -2.60. The lowest BCUT2D eigenvalue weighted by atomic mass is 10.0. The number of amides is 3. The Morgan fingerprint density at radius 1 is 0.947 bits per heavy atom. The van der Waals surface area contributed by atoms with Crippen LogP contribution in [0.5, 0.6) is 0 Å². The van der Waals surface area contributed by atoms with Crippen molar-refractivity contribution in [3.63, 3.8) is 0 Å². The first-order valence-electron chi connectivity index (χ1n) is 11.8. The van der Waals surface area contributed by atoms with E-state index in [4.69, 9.17) is 10.8 Å². The molecule has 14 nitrogen and oxygen atoms in total. The molecule has 0 saturated heterocycles. The Kier molecular flexibility index (Phi) is 11.4. The number of nitrogens with two attached hydrogens (primary N) is 1. The summed E-state index contributed by atoms with van der Waals surface area (Å²) < 4.78 is 0. The number of aromatic amines is 1. The number of rotatable bonds is 15. The largest absolute Gasteiger partial charge is 0.481 e. The molecule has 5 unspecified atom stereocenters. The van der Waals surface area contributed by atoms with E-state index < -0.39 is 66.4 Å². The van der Waals surface area contributed by atoms with E-state index >= 15 is 0 Å². The Labute approximate surface area is 218 Å². The third kappa shape index (κ3) is 9.63. The van der Waals surface area contributed by atoms with Crippen molar-refractivity contribution < 1.29 is 39.3 Å². The molecule has 5 atom stereocenters. The molecule has 0 aliphatic heterocycles. The van der Waals surface area contributed by atoms with Crippen LogP contribution in [0.1, 0.15) is 31.0 Å². The van der Waals surface area contributed by atoms with Crippen LogP contribution in [0.4, 0.5) is 0 Å². The van der Waals surface area contributed by atoms with E-state index in [2.05, 4.69) is 25.9 Å². The van der Waals surface area contributed by atoms with E-state index in [9.17, 15) is 34.2 Å². The molecule has 38 heavy (non-hydrogen) atoms. The molecule has 0 radical (unpaired) electrons. The fraction of sp³-hybridized carbons (Fsp3) is 0.417. The summed E-state index contributed by atoms with van der Waals surface area (Å²) in [7, 11) is 0. The van der Waals surface area contributed by atoms with Crippen molar-refractivity contribution in [3.05, 3.63) is 54.1 Å². The van der Waals surface area contributed by atoms with Crippen LogP contribution < -0.4 is 21.7 Å². The summed E-state index contributed by atoms with van der Waals surface area (Å²) in [5.74, 6) is -5.26. The monoisotopic (exact) mass is 532 g/mol. The summed E-state index contributed by atoms with van der Waals surface area (Å²) in [5.41, 5.74) is 7.08. The highest BCUT2D eigenvalue weighted by molar-refractivity contribution is 5.94. The van der Waals surface area contributed by atoms with Crippen molar-refractivity contribution in [2.45, 2.75) is 62.9 Å². The molecule has 0 spiro atoms. The van der Waals surface area contributed by atoms with Gasteiger partial charge in [-0.15, -0.1) is 0 Å². The molecular weight excluding hydrogens is 500 g/mol. The Hall–Kier alpha value is -4.30. The second-order valence-electron chi connectivity index (χ2n) is 8.70. The molecule has 1 aromatic carbocycles. The van der Waals surface area contributed by atoms with E-state index in [1.165, 1.54) is 19.4 Å². The number of imidazole rings is 1. The SMILES string of the molecule is CC(O)C(NC(=O)C(N)Cc1cnc[nH]1)C(=O)NC(CCC(=O)O)C(=O)NC(Cc1ccccc1)C(=O)O. The molecule has 0 bridgehead atoms. The maximum absolute atomic E-state index is 12.9. The quantitative estimate of drug-likeness (QED) is 0.129. The standard InChI is InChI=1S/C24H32N6O8/c1-13(31)20(30-21(34)16(25)10-15-11-26-12-27-15)23(36)28-17(7-8-19(32)33)22(35)29-18(24(37)38)9-14-5-3-2-4-6-14/h2-6,11-13,16-18,20,31H,7-10,25H2,1H3,(H,26,27)(H,28,36)(H,29,35)(H,30,34)(H,32,33)(H,37,38). The van der Waals surface area contributed by atoms with Gasteiger partial charge in [-0.2, -0.15) is 0 Å². The van der Waals surface area contributed by atoms with Gasteiger partial charge in [-0.05, 0) is 18.9 Å². The molecule has 0 aliphatic carbocycles. The number of nitrogens with zero attached hydrogens (tertiary/aromatic N) is 1. The van der Waals surface area contributed by atoms with Gasteiger partial charge in [-0.3, -0.25) is 19.2 Å². The number of hydrogen-bond donors (Lipinski definition) is 8. The summed E-state index contributed by atoms with van der Waals surface area (Å²) in [6.07, 6.45) is 0.596. The maximum atomic E-state index is 12.9. The summed E-state index contributed by atoms with van der Waals surface area (Å²) in [5, 5.41) is 35.7. The van der Waals surface area contributed by atoms with Crippen LogP contribution >= 0.6 is 0 Å². The van der Waals surface area contributed by atoms with E-state index in [0.29, 0.717) is 11.3 Å². The summed E-state index contributed by atoms with van der Waals surface area (Å²) >= 11 is 0. The van der Waals surface area contributed by atoms with Gasteiger partial charge in [0.25, 0.3) is 0 Å². The number of hydrogen-bond acceptors (Lipinski definition) is 8. The average Bonchev–Trinajstić information content (AvgIpc) is 3.37. The molecule has 3 amide bonds. The van der Waals surface area contributed by atoms with Gasteiger partial charge < -0.3 is 42.0 Å². The fourth-order valence-electron chi connectivity index (χ4n) is 3.51. The molecule has 1 heterocycles. The summed E-state index contributed by atoms with van der Waals surface area (Å²) in [6, 6.07) is 3.07. The van der Waals surface area contributed by atoms with Crippen LogP contribution in [0.2, 0.25) is 0 Å². The number of aliphatic carboxylic acids is 2. The highest BCUT2D eigenvalue weighted by Crippen LogP contribution is 2.07. The average molecular weight is 533 g/mol. The third-order valence-corrected chi connectivity index (χ3v) is 5.57. The van der Waals surface area contributed by atoms with Crippen molar-refractivity contribution in [1.82, 2.24) is 25.9 Å². The Morgan fingerprint density at radius 3 is 2.16 bits per heavy atom. The molecule has 0 saturated carbocycles. The Bertz CT molecular complexity index is 1090. The number of carbonyl (C=O) groups is 5. The first-order chi connectivity index (χ1) is 18.0. The minimum atomic E-state index is -1.53. The van der Waals surface area contributed by atoms with E-state index in [-0.39, 0.29) is 19.3 Å². The minimum absolute atomic E-state index is 0.0535. The second kappa shape index (κ2) is 14.4. The third-order valence-electron chi connectivity index (χ3n) is 5.57. The van der Waals surface area contributed by atoms with Gasteiger partial charge in [0.2, 0.25) is 17.7 Å². The molecule has 1 aromatic heterocycles. The first kappa shape index (κ1) is 29.9. The number of benzene rings is 1. The highest BCUT2D eigenvalue weighted by Gasteiger charge is 2.32. The highest BCUT2D eigenvalue weighted by atomic mass is 16.4. The molecule has 2 aromatic rings. The van der Waals surface area contributed by atoms with Gasteiger partial charge in [-0.1, -0.05) is 30.3 Å². The molecule has 9 N–H and O–H groups in total. The minimum Gasteiger partial charge on any atom is -0.481 e. The van der Waals surface area contributed by atoms with Crippen molar-refractivity contribution in [2.24, 2.45) is 5.73 Å². The van der Waals surface area contributed by atoms with Gasteiger partial charge in [-0.25, -0.2) is 9.78 Å². The lowest BCUT2D eigenvalue weighted by molar-refractivity contribution is -0.143. The van der Waals surface area contributed by atoms with Crippen molar-refractivity contribution in [2.75, 3.05) is 0 Å². The number of carboxylic acid groups (broad SMARTS) is 2. The normalized spacial score (nSPS) is 14.8. The predicted octanol–water partition coefficient (Wildman–Crippen LogP) is -1.69. The zero-order chi connectivity index (χ0) is 28.2. The second-order valence-corrected chi connectivity index (χ2v) is 8.70. The summed E-state index contributed by atoms with van der Waals surface area (Å²) in [4.78, 5) is 67.9. The zero-order valence-electron chi connectivity index (χ0n) is 20.7. The molecule has 0 aliphatic rings. The first-order valence-corrected chi connectivity index (χ1v) is 11.8. The van der Waals surface area contributed by atoms with Gasteiger partial charge in [0.15, 0.2) is 0 Å². The summed E-state index contributed by atoms with van der Waals surface area (Å²) in [6.45, 7) is 1.23. The van der Waals surface area contributed by atoms with Crippen LogP contribution in [-0.2, 0) is 36.8 Å². The number of nitrogens with one attached hydrogen (secondary N) is 4. The van der Waals surface area contributed by atoms with Gasteiger partial charge in [0.1, 0.15) is 18.1 Å². The lowest BCUT2D eigenvalue weighted by Gasteiger charge is -2.26. The zero-order valence-corrected chi connectivity index (χ0v) is 20.7. The number of aromatic nitrogens is 2. The van der Waals surface area contributed by atoms with E-state index in [0.717, 1.165) is 0 Å². The number of carboxylic acids is 2. The van der Waals surface area contributed by atoms with Gasteiger partial charge >= 0.3 is 11.9 Å². The van der Waals surface area contributed by atoms with Crippen LogP contribution in [0.3, 0.4) is 0 Å². The number of aliphatic hydroxyl groups excluding tert-OH is 1. The van der Waals surface area contributed by atoms with Gasteiger partial charge in [0, 0.05) is 31.2 Å². The molecule has 206 valence electrons. The van der Waals surface area contributed by atoms with Crippen molar-refractivity contribution >= 4 is 29.7 Å². The Morgan fingerprint density at radius 2 is 1.61 bits per heavy atom. The van der Waals surface area contributed by atoms with E-state index in [1.807, 2.05) is 0 Å². The van der Waals surface area contributed by atoms with Crippen LogP contribution in [0.15, 0.2) is 42.9 Å². The molecule has 2 rings (SSSR count). The number of aliphatic hydroxyl groups is 1. The van der Waals surface area contributed by atoms with Crippen LogP contribution in [0, 0.1) is 0 Å². The fourth-order valence-corrected chi connectivity index (χ4v) is 3.51. The van der Waals surface area contributed by atoms with Crippen LogP contribution in [-0.4, -0.2) is 85.2 Å². The molecule has 14 heteroatoms. The molecular formula is C24H32N6O8. The smallest absolute Gasteiger partial charge is 0.326 e.